The predicted octanol–water partition coefficient (Wildman–Crippen LogP) is 2.51. The van der Waals surface area contributed by atoms with Crippen molar-refractivity contribution < 1.29 is 23.1 Å². The SMILES string of the molecule is CCCC(C)NS(=O)(=O)c1cc(Cl)cc(C(=O)O)c1OC. The molecule has 0 aromatic heterocycles. The predicted molar refractivity (Wildman–Crippen MR) is 79.7 cm³/mol. The lowest BCUT2D eigenvalue weighted by molar-refractivity contribution is 0.0693. The summed E-state index contributed by atoms with van der Waals surface area (Å²) < 4.78 is 32.2. The van der Waals surface area contributed by atoms with E-state index < -0.39 is 16.0 Å². The van der Waals surface area contributed by atoms with Gasteiger partial charge in [0.25, 0.3) is 0 Å². The van der Waals surface area contributed by atoms with E-state index in [-0.39, 0.29) is 27.3 Å². The van der Waals surface area contributed by atoms with Crippen molar-refractivity contribution in [3.05, 3.63) is 22.7 Å². The summed E-state index contributed by atoms with van der Waals surface area (Å²) in [6, 6.07) is 2.04. The number of carbonyl (C=O) groups is 1. The van der Waals surface area contributed by atoms with Crippen LogP contribution in [0, 0.1) is 0 Å². The van der Waals surface area contributed by atoms with Crippen LogP contribution in [-0.4, -0.2) is 32.6 Å². The largest absolute Gasteiger partial charge is 0.494 e. The summed E-state index contributed by atoms with van der Waals surface area (Å²) in [5.41, 5.74) is -0.298. The molecule has 21 heavy (non-hydrogen) atoms. The molecule has 1 aromatic carbocycles. The Kier molecular flexibility index (Phi) is 6.00. The van der Waals surface area contributed by atoms with Crippen molar-refractivity contribution in [3.8, 4) is 5.75 Å². The fourth-order valence-electron chi connectivity index (χ4n) is 1.96. The summed E-state index contributed by atoms with van der Waals surface area (Å²) in [6.45, 7) is 3.67. The highest BCUT2D eigenvalue weighted by molar-refractivity contribution is 7.89. The van der Waals surface area contributed by atoms with Crippen LogP contribution in [0.2, 0.25) is 5.02 Å². The average Bonchev–Trinajstić information content (AvgIpc) is 2.37. The van der Waals surface area contributed by atoms with Crippen molar-refractivity contribution in [2.75, 3.05) is 7.11 Å². The molecule has 0 bridgehead atoms. The molecule has 0 spiro atoms. The van der Waals surface area contributed by atoms with Crippen LogP contribution in [0.3, 0.4) is 0 Å². The van der Waals surface area contributed by atoms with Gasteiger partial charge in [-0.05, 0) is 25.5 Å². The topological polar surface area (TPSA) is 92.7 Å². The highest BCUT2D eigenvalue weighted by atomic mass is 35.5. The van der Waals surface area contributed by atoms with Gasteiger partial charge in [-0.2, -0.15) is 0 Å². The molecule has 0 saturated heterocycles. The van der Waals surface area contributed by atoms with Crippen LogP contribution in [0.1, 0.15) is 37.0 Å². The van der Waals surface area contributed by atoms with Gasteiger partial charge in [0.2, 0.25) is 10.0 Å². The molecule has 0 amide bonds. The Morgan fingerprint density at radius 3 is 2.57 bits per heavy atom. The maximum absolute atomic E-state index is 12.4. The monoisotopic (exact) mass is 335 g/mol. The van der Waals surface area contributed by atoms with E-state index >= 15 is 0 Å². The van der Waals surface area contributed by atoms with Crippen LogP contribution in [-0.2, 0) is 10.0 Å². The lowest BCUT2D eigenvalue weighted by Crippen LogP contribution is -2.32. The number of halogens is 1. The number of sulfonamides is 1. The Labute approximate surface area is 129 Å². The van der Waals surface area contributed by atoms with Crippen molar-refractivity contribution in [3.63, 3.8) is 0 Å². The number of methoxy groups -OCH3 is 1. The minimum Gasteiger partial charge on any atom is -0.494 e. The minimum atomic E-state index is -3.93. The summed E-state index contributed by atoms with van der Waals surface area (Å²) in [5.74, 6) is -1.55. The zero-order valence-corrected chi connectivity index (χ0v) is 13.6. The standard InChI is InChI=1S/C13H18ClNO5S/c1-4-5-8(2)15-21(18,19)11-7-9(14)6-10(13(16)17)12(11)20-3/h6-8,15H,4-5H2,1-3H3,(H,16,17). The Hall–Kier alpha value is -1.31. The summed E-state index contributed by atoms with van der Waals surface area (Å²) in [6.07, 6.45) is 1.48. The molecule has 1 unspecified atom stereocenters. The molecule has 1 rings (SSSR count). The first-order valence-corrected chi connectivity index (χ1v) is 8.22. The first kappa shape index (κ1) is 17.7. The molecular formula is C13H18ClNO5S. The molecule has 0 aliphatic heterocycles. The first-order valence-electron chi connectivity index (χ1n) is 6.36. The van der Waals surface area contributed by atoms with Gasteiger partial charge in [-0.25, -0.2) is 17.9 Å². The van der Waals surface area contributed by atoms with E-state index in [2.05, 4.69) is 4.72 Å². The molecule has 8 heteroatoms. The van der Waals surface area contributed by atoms with Crippen LogP contribution >= 0.6 is 11.6 Å². The normalized spacial score (nSPS) is 13.0. The van der Waals surface area contributed by atoms with Crippen molar-refractivity contribution in [2.24, 2.45) is 0 Å². The molecule has 2 N–H and O–H groups in total. The smallest absolute Gasteiger partial charge is 0.339 e. The quantitative estimate of drug-likeness (QED) is 0.798. The van der Waals surface area contributed by atoms with Crippen molar-refractivity contribution in [2.45, 2.75) is 37.6 Å². The number of carboxylic acid groups (broad SMARTS) is 1. The van der Waals surface area contributed by atoms with Gasteiger partial charge in [0.15, 0.2) is 5.75 Å². The van der Waals surface area contributed by atoms with E-state index in [1.807, 2.05) is 6.92 Å². The molecule has 0 aliphatic carbocycles. The maximum atomic E-state index is 12.4. The van der Waals surface area contributed by atoms with Gasteiger partial charge in [0, 0.05) is 11.1 Å². The number of hydrogen-bond acceptors (Lipinski definition) is 4. The number of benzene rings is 1. The fourth-order valence-corrected chi connectivity index (χ4v) is 3.73. The van der Waals surface area contributed by atoms with E-state index in [1.165, 1.54) is 13.2 Å². The van der Waals surface area contributed by atoms with E-state index in [4.69, 9.17) is 21.4 Å². The molecule has 0 aliphatic rings. The third kappa shape index (κ3) is 4.33. The third-order valence-electron chi connectivity index (χ3n) is 2.82. The van der Waals surface area contributed by atoms with Gasteiger partial charge in [0.05, 0.1) is 7.11 Å². The van der Waals surface area contributed by atoms with Crippen LogP contribution < -0.4 is 9.46 Å². The highest BCUT2D eigenvalue weighted by Crippen LogP contribution is 2.32. The number of rotatable bonds is 7. The van der Waals surface area contributed by atoms with Gasteiger partial charge in [-0.15, -0.1) is 0 Å². The lowest BCUT2D eigenvalue weighted by Gasteiger charge is -2.16. The zero-order chi connectivity index (χ0) is 16.2. The molecule has 0 heterocycles. The second-order valence-electron chi connectivity index (χ2n) is 4.60. The van der Waals surface area contributed by atoms with Gasteiger partial charge in [-0.3, -0.25) is 0 Å². The van der Waals surface area contributed by atoms with Crippen molar-refractivity contribution in [1.29, 1.82) is 0 Å². The molecule has 0 radical (unpaired) electrons. The number of nitrogens with one attached hydrogen (secondary N) is 1. The number of ether oxygens (including phenoxy) is 1. The number of carboxylic acids is 1. The van der Waals surface area contributed by atoms with E-state index in [1.54, 1.807) is 6.92 Å². The van der Waals surface area contributed by atoms with Crippen LogP contribution in [0.4, 0.5) is 0 Å². The molecular weight excluding hydrogens is 318 g/mol. The number of aromatic carboxylic acids is 1. The molecule has 0 saturated carbocycles. The van der Waals surface area contributed by atoms with Gasteiger partial charge < -0.3 is 9.84 Å². The third-order valence-corrected chi connectivity index (χ3v) is 4.63. The van der Waals surface area contributed by atoms with E-state index in [0.29, 0.717) is 6.42 Å². The zero-order valence-electron chi connectivity index (χ0n) is 12.0. The second kappa shape index (κ2) is 7.11. The van der Waals surface area contributed by atoms with Crippen molar-refractivity contribution in [1.82, 2.24) is 4.72 Å². The van der Waals surface area contributed by atoms with E-state index in [9.17, 15) is 13.2 Å². The van der Waals surface area contributed by atoms with Crippen LogP contribution in [0.15, 0.2) is 17.0 Å². The van der Waals surface area contributed by atoms with Crippen molar-refractivity contribution >= 4 is 27.6 Å². The Bertz CT molecular complexity index is 630. The fraction of sp³-hybridized carbons (Fsp3) is 0.462. The summed E-state index contributed by atoms with van der Waals surface area (Å²) in [7, 11) is -2.71. The molecule has 1 atom stereocenters. The summed E-state index contributed by atoms with van der Waals surface area (Å²) in [5, 5.41) is 9.13. The van der Waals surface area contributed by atoms with Crippen LogP contribution in [0.5, 0.6) is 5.75 Å². The van der Waals surface area contributed by atoms with Gasteiger partial charge in [0.1, 0.15) is 10.5 Å². The Morgan fingerprint density at radius 1 is 1.48 bits per heavy atom. The average molecular weight is 336 g/mol. The first-order chi connectivity index (χ1) is 9.72. The molecule has 6 nitrogen and oxygen atoms in total. The Balaban J connectivity index is 3.38. The summed E-state index contributed by atoms with van der Waals surface area (Å²) >= 11 is 5.82. The molecule has 1 aromatic rings. The highest BCUT2D eigenvalue weighted by Gasteiger charge is 2.26. The number of hydrogen-bond donors (Lipinski definition) is 2. The lowest BCUT2D eigenvalue weighted by atomic mass is 10.2. The molecule has 118 valence electrons. The second-order valence-corrected chi connectivity index (χ2v) is 6.72. The van der Waals surface area contributed by atoms with Gasteiger partial charge in [-0.1, -0.05) is 24.9 Å². The van der Waals surface area contributed by atoms with E-state index in [0.717, 1.165) is 12.5 Å². The maximum Gasteiger partial charge on any atom is 0.339 e. The summed E-state index contributed by atoms with van der Waals surface area (Å²) in [4.78, 5) is 10.9. The molecule has 0 fully saturated rings. The minimum absolute atomic E-state index is 0.0109. The Morgan fingerprint density at radius 2 is 2.10 bits per heavy atom. The van der Waals surface area contributed by atoms with Crippen LogP contribution in [0.25, 0.3) is 0 Å². The van der Waals surface area contributed by atoms with Gasteiger partial charge >= 0.3 is 5.97 Å².